The smallest absolute Gasteiger partial charge is 0.230 e. The zero-order chi connectivity index (χ0) is 14.1. The molecule has 3 aromatic rings. The van der Waals surface area contributed by atoms with E-state index < -0.39 is 5.82 Å². The summed E-state index contributed by atoms with van der Waals surface area (Å²) in [5, 5.41) is 3.95. The number of benzene rings is 2. The number of halogens is 2. The molecule has 0 radical (unpaired) electrons. The minimum atomic E-state index is -0.541. The van der Waals surface area contributed by atoms with Gasteiger partial charge in [0.15, 0.2) is 0 Å². The molecule has 2 aromatic carbocycles. The predicted molar refractivity (Wildman–Crippen MR) is 76.8 cm³/mol. The van der Waals surface area contributed by atoms with Crippen LogP contribution in [0.15, 0.2) is 53.1 Å². The number of rotatable bonds is 2. The van der Waals surface area contributed by atoms with E-state index in [1.807, 2.05) is 30.3 Å². The molecule has 5 heteroatoms. The van der Waals surface area contributed by atoms with E-state index in [4.69, 9.17) is 21.9 Å². The van der Waals surface area contributed by atoms with Crippen molar-refractivity contribution in [1.82, 2.24) is 5.16 Å². The van der Waals surface area contributed by atoms with Crippen LogP contribution in [0, 0.1) is 5.82 Å². The van der Waals surface area contributed by atoms with Crippen molar-refractivity contribution >= 4 is 17.5 Å². The maximum atomic E-state index is 14.2. The number of anilines is 1. The van der Waals surface area contributed by atoms with E-state index in [1.165, 1.54) is 6.07 Å². The summed E-state index contributed by atoms with van der Waals surface area (Å²) in [6, 6.07) is 14.0. The molecule has 0 aliphatic heterocycles. The van der Waals surface area contributed by atoms with Gasteiger partial charge in [0.25, 0.3) is 0 Å². The first-order chi connectivity index (χ1) is 9.68. The first-order valence-corrected chi connectivity index (χ1v) is 6.31. The Hall–Kier alpha value is -2.33. The Labute approximate surface area is 119 Å². The average Bonchev–Trinajstić information content (AvgIpc) is 2.85. The Morgan fingerprint density at radius 1 is 1.05 bits per heavy atom. The van der Waals surface area contributed by atoms with E-state index in [0.717, 1.165) is 5.56 Å². The molecule has 0 aliphatic rings. The number of aromatic nitrogens is 1. The standard InChI is InChI=1S/C15H10ClFN2O/c16-11-8-4-7-10(13(11)17)12-14(19-20-15(12)18)9-5-2-1-3-6-9/h1-8H,18H2. The minimum absolute atomic E-state index is 0.0297. The number of nitrogens with zero attached hydrogens (tertiary/aromatic N) is 1. The van der Waals surface area contributed by atoms with Gasteiger partial charge in [0.1, 0.15) is 11.5 Å². The van der Waals surface area contributed by atoms with Gasteiger partial charge in [0.05, 0.1) is 10.6 Å². The largest absolute Gasteiger partial charge is 0.367 e. The lowest BCUT2D eigenvalue weighted by Crippen LogP contribution is -1.91. The Morgan fingerprint density at radius 2 is 1.80 bits per heavy atom. The van der Waals surface area contributed by atoms with Gasteiger partial charge in [-0.15, -0.1) is 0 Å². The molecule has 3 nitrogen and oxygen atoms in total. The zero-order valence-electron chi connectivity index (χ0n) is 10.3. The molecule has 3 rings (SSSR count). The minimum Gasteiger partial charge on any atom is -0.367 e. The number of nitrogens with two attached hydrogens (primary N) is 1. The summed E-state index contributed by atoms with van der Waals surface area (Å²) in [6.45, 7) is 0. The summed E-state index contributed by atoms with van der Waals surface area (Å²) in [5.74, 6) is -0.480. The second-order valence-corrected chi connectivity index (χ2v) is 4.65. The van der Waals surface area contributed by atoms with Crippen LogP contribution < -0.4 is 5.73 Å². The molecular formula is C15H10ClFN2O. The van der Waals surface area contributed by atoms with Crippen LogP contribution in [0.5, 0.6) is 0 Å². The topological polar surface area (TPSA) is 52.0 Å². The first-order valence-electron chi connectivity index (χ1n) is 5.93. The average molecular weight is 289 g/mol. The van der Waals surface area contributed by atoms with E-state index in [9.17, 15) is 4.39 Å². The summed E-state index contributed by atoms with van der Waals surface area (Å²) < 4.78 is 19.2. The monoisotopic (exact) mass is 288 g/mol. The van der Waals surface area contributed by atoms with Crippen LogP contribution in [0.1, 0.15) is 0 Å². The molecule has 0 spiro atoms. The van der Waals surface area contributed by atoms with E-state index in [1.54, 1.807) is 12.1 Å². The number of hydrogen-bond donors (Lipinski definition) is 1. The van der Waals surface area contributed by atoms with Crippen molar-refractivity contribution in [3.63, 3.8) is 0 Å². The van der Waals surface area contributed by atoms with E-state index >= 15 is 0 Å². The zero-order valence-corrected chi connectivity index (χ0v) is 11.1. The third-order valence-electron chi connectivity index (χ3n) is 2.99. The van der Waals surface area contributed by atoms with E-state index in [-0.39, 0.29) is 16.5 Å². The summed E-state index contributed by atoms with van der Waals surface area (Å²) in [4.78, 5) is 0. The van der Waals surface area contributed by atoms with Gasteiger partial charge in [-0.3, -0.25) is 0 Å². The molecular weight excluding hydrogens is 279 g/mol. The Bertz CT molecular complexity index is 756. The van der Waals surface area contributed by atoms with Crippen molar-refractivity contribution in [3.8, 4) is 22.4 Å². The van der Waals surface area contributed by atoms with Crippen molar-refractivity contribution in [2.24, 2.45) is 0 Å². The van der Waals surface area contributed by atoms with Gasteiger partial charge in [-0.25, -0.2) is 4.39 Å². The van der Waals surface area contributed by atoms with Crippen LogP contribution in [0.2, 0.25) is 5.02 Å². The highest BCUT2D eigenvalue weighted by atomic mass is 35.5. The van der Waals surface area contributed by atoms with Crippen molar-refractivity contribution in [2.45, 2.75) is 0 Å². The molecule has 20 heavy (non-hydrogen) atoms. The quantitative estimate of drug-likeness (QED) is 0.761. The van der Waals surface area contributed by atoms with Gasteiger partial charge in [0.2, 0.25) is 5.88 Å². The Kier molecular flexibility index (Phi) is 3.16. The summed E-state index contributed by atoms with van der Waals surface area (Å²) in [5.41, 5.74) is 7.76. The van der Waals surface area contributed by atoms with E-state index in [2.05, 4.69) is 5.16 Å². The van der Waals surface area contributed by atoms with Gasteiger partial charge in [-0.2, -0.15) is 0 Å². The van der Waals surface area contributed by atoms with Crippen molar-refractivity contribution < 1.29 is 8.91 Å². The van der Waals surface area contributed by atoms with Gasteiger partial charge in [-0.1, -0.05) is 59.2 Å². The molecule has 0 saturated carbocycles. The van der Waals surface area contributed by atoms with Crippen molar-refractivity contribution in [2.75, 3.05) is 5.73 Å². The molecule has 0 aliphatic carbocycles. The van der Waals surface area contributed by atoms with Gasteiger partial charge in [-0.05, 0) is 6.07 Å². The Morgan fingerprint density at radius 3 is 2.55 bits per heavy atom. The van der Waals surface area contributed by atoms with Crippen LogP contribution in [0.25, 0.3) is 22.4 Å². The molecule has 0 saturated heterocycles. The summed E-state index contributed by atoms with van der Waals surface area (Å²) in [6.07, 6.45) is 0. The van der Waals surface area contributed by atoms with Gasteiger partial charge < -0.3 is 10.3 Å². The number of hydrogen-bond acceptors (Lipinski definition) is 3. The van der Waals surface area contributed by atoms with Crippen LogP contribution in [0.3, 0.4) is 0 Å². The van der Waals surface area contributed by atoms with E-state index in [0.29, 0.717) is 11.3 Å². The molecule has 0 unspecified atom stereocenters. The maximum absolute atomic E-state index is 14.2. The maximum Gasteiger partial charge on any atom is 0.230 e. The molecule has 2 N–H and O–H groups in total. The molecule has 1 heterocycles. The molecule has 1 aromatic heterocycles. The number of nitrogen functional groups attached to an aromatic ring is 1. The van der Waals surface area contributed by atoms with Crippen LogP contribution in [0.4, 0.5) is 10.3 Å². The highest BCUT2D eigenvalue weighted by Crippen LogP contribution is 2.38. The third kappa shape index (κ3) is 2.04. The highest BCUT2D eigenvalue weighted by Gasteiger charge is 2.21. The molecule has 0 fully saturated rings. The van der Waals surface area contributed by atoms with Crippen molar-refractivity contribution in [3.05, 3.63) is 59.4 Å². The second kappa shape index (κ2) is 4.98. The normalized spacial score (nSPS) is 10.7. The van der Waals surface area contributed by atoms with Crippen molar-refractivity contribution in [1.29, 1.82) is 0 Å². The molecule has 0 bridgehead atoms. The SMILES string of the molecule is Nc1onc(-c2ccccc2)c1-c1cccc(Cl)c1F. The fourth-order valence-corrected chi connectivity index (χ4v) is 2.23. The van der Waals surface area contributed by atoms with Gasteiger partial charge in [0, 0.05) is 11.1 Å². The van der Waals surface area contributed by atoms with Crippen LogP contribution >= 0.6 is 11.6 Å². The second-order valence-electron chi connectivity index (χ2n) is 4.24. The lowest BCUT2D eigenvalue weighted by molar-refractivity contribution is 0.439. The van der Waals surface area contributed by atoms with Crippen LogP contribution in [-0.4, -0.2) is 5.16 Å². The predicted octanol–water partition coefficient (Wildman–Crippen LogP) is 4.38. The summed E-state index contributed by atoms with van der Waals surface area (Å²) in [7, 11) is 0. The fraction of sp³-hybridized carbons (Fsp3) is 0. The lowest BCUT2D eigenvalue weighted by atomic mass is 10.0. The lowest BCUT2D eigenvalue weighted by Gasteiger charge is -2.05. The molecule has 0 atom stereocenters. The first kappa shape index (κ1) is 12.7. The summed E-state index contributed by atoms with van der Waals surface area (Å²) >= 11 is 5.81. The Balaban J connectivity index is 2.25. The highest BCUT2D eigenvalue weighted by molar-refractivity contribution is 6.31. The molecule has 100 valence electrons. The molecule has 0 amide bonds. The van der Waals surface area contributed by atoms with Crippen LogP contribution in [-0.2, 0) is 0 Å². The van der Waals surface area contributed by atoms with Gasteiger partial charge >= 0.3 is 0 Å². The third-order valence-corrected chi connectivity index (χ3v) is 3.28. The fourth-order valence-electron chi connectivity index (χ4n) is 2.05.